The first-order chi connectivity index (χ1) is 8.16. The number of likely N-dealkylation sites (N-methyl/N-ethyl adjacent to an activating group) is 1. The molecule has 1 saturated heterocycles. The zero-order chi connectivity index (χ0) is 12.3. The number of thioether (sulfide) groups is 1. The Hall–Kier alpha value is -0.870. The molecule has 1 heterocycles. The highest BCUT2D eigenvalue weighted by molar-refractivity contribution is 8.00. The van der Waals surface area contributed by atoms with E-state index in [1.165, 1.54) is 5.69 Å². The van der Waals surface area contributed by atoms with Gasteiger partial charge in [-0.05, 0) is 45.3 Å². The minimum Gasteiger partial charge on any atom is -0.492 e. The van der Waals surface area contributed by atoms with E-state index in [0.717, 1.165) is 24.1 Å². The molecule has 1 aromatic rings. The smallest absolute Gasteiger partial charge is 0.119 e. The minimum absolute atomic E-state index is 0.432. The predicted octanol–water partition coefficient (Wildman–Crippen LogP) is 2.48. The van der Waals surface area contributed by atoms with Crippen molar-refractivity contribution < 1.29 is 4.74 Å². The summed E-state index contributed by atoms with van der Waals surface area (Å²) in [6.07, 6.45) is 0. The second kappa shape index (κ2) is 5.65. The summed E-state index contributed by atoms with van der Waals surface area (Å²) in [4.78, 5) is 4.50. The van der Waals surface area contributed by atoms with E-state index in [0.29, 0.717) is 6.04 Å². The summed E-state index contributed by atoms with van der Waals surface area (Å²) in [6, 6.07) is 8.81. The summed E-state index contributed by atoms with van der Waals surface area (Å²) in [5.41, 5.74) is 1.29. The lowest BCUT2D eigenvalue weighted by atomic mass is 10.3. The van der Waals surface area contributed by atoms with Gasteiger partial charge in [0.2, 0.25) is 0 Å². The molecule has 94 valence electrons. The van der Waals surface area contributed by atoms with E-state index >= 15 is 0 Å². The molecule has 0 amide bonds. The van der Waals surface area contributed by atoms with Crippen molar-refractivity contribution in [2.45, 2.75) is 13.0 Å². The van der Waals surface area contributed by atoms with Gasteiger partial charge in [0.05, 0.1) is 11.8 Å². The molecule has 1 aromatic carbocycles. The van der Waals surface area contributed by atoms with Crippen LogP contribution in [0.15, 0.2) is 24.3 Å². The Balaban J connectivity index is 1.85. The topological polar surface area (TPSA) is 15.7 Å². The zero-order valence-electron chi connectivity index (χ0n) is 10.7. The van der Waals surface area contributed by atoms with Gasteiger partial charge >= 0.3 is 0 Å². The van der Waals surface area contributed by atoms with Crippen LogP contribution in [-0.2, 0) is 0 Å². The molecule has 4 heteroatoms. The van der Waals surface area contributed by atoms with Crippen molar-refractivity contribution in [2.24, 2.45) is 0 Å². The molecule has 1 fully saturated rings. The zero-order valence-corrected chi connectivity index (χ0v) is 11.5. The van der Waals surface area contributed by atoms with Crippen molar-refractivity contribution in [1.29, 1.82) is 0 Å². The molecule has 0 aliphatic carbocycles. The van der Waals surface area contributed by atoms with Crippen LogP contribution in [0.5, 0.6) is 5.75 Å². The minimum atomic E-state index is 0.432. The van der Waals surface area contributed by atoms with E-state index < -0.39 is 0 Å². The van der Waals surface area contributed by atoms with Crippen LogP contribution < -0.4 is 9.64 Å². The maximum atomic E-state index is 5.75. The highest BCUT2D eigenvalue weighted by atomic mass is 32.2. The predicted molar refractivity (Wildman–Crippen MR) is 74.9 cm³/mol. The molecule has 0 saturated carbocycles. The Morgan fingerprint density at radius 3 is 2.41 bits per heavy atom. The van der Waals surface area contributed by atoms with Crippen molar-refractivity contribution in [3.63, 3.8) is 0 Å². The normalized spacial score (nSPS) is 16.8. The van der Waals surface area contributed by atoms with Crippen molar-refractivity contribution in [1.82, 2.24) is 4.90 Å². The monoisotopic (exact) mass is 252 g/mol. The van der Waals surface area contributed by atoms with E-state index in [4.69, 9.17) is 4.74 Å². The molecule has 2 rings (SSSR count). The molecular weight excluding hydrogens is 232 g/mol. The average Bonchev–Trinajstić information content (AvgIpc) is 2.25. The standard InChI is InChI=1S/C13H20N2OS/c1-11(14(2)3)8-16-13-6-4-12(5-7-13)15-9-17-10-15/h4-7,11H,8-10H2,1-3H3. The molecule has 3 nitrogen and oxygen atoms in total. The Labute approximate surface area is 108 Å². The molecule has 0 aromatic heterocycles. The quantitative estimate of drug-likeness (QED) is 0.799. The largest absolute Gasteiger partial charge is 0.492 e. The van der Waals surface area contributed by atoms with Gasteiger partial charge < -0.3 is 14.5 Å². The van der Waals surface area contributed by atoms with Crippen LogP contribution in [0.25, 0.3) is 0 Å². The number of anilines is 1. The van der Waals surface area contributed by atoms with Crippen LogP contribution >= 0.6 is 11.8 Å². The lowest BCUT2D eigenvalue weighted by Crippen LogP contribution is -2.31. The van der Waals surface area contributed by atoms with E-state index in [9.17, 15) is 0 Å². The third kappa shape index (κ3) is 3.30. The van der Waals surface area contributed by atoms with Gasteiger partial charge in [0.1, 0.15) is 12.4 Å². The van der Waals surface area contributed by atoms with Crippen LogP contribution in [0, 0.1) is 0 Å². The number of rotatable bonds is 5. The molecule has 1 unspecified atom stereocenters. The number of benzene rings is 1. The van der Waals surface area contributed by atoms with Crippen LogP contribution in [0.1, 0.15) is 6.92 Å². The molecule has 0 N–H and O–H groups in total. The van der Waals surface area contributed by atoms with E-state index in [1.54, 1.807) is 0 Å². The maximum Gasteiger partial charge on any atom is 0.119 e. The number of hydrogen-bond donors (Lipinski definition) is 0. The SMILES string of the molecule is CC(COc1ccc(N2CSC2)cc1)N(C)C. The van der Waals surface area contributed by atoms with Gasteiger partial charge in [-0.25, -0.2) is 0 Å². The second-order valence-corrected chi connectivity index (χ2v) is 5.54. The number of nitrogens with zero attached hydrogens (tertiary/aromatic N) is 2. The highest BCUT2D eigenvalue weighted by Crippen LogP contribution is 2.28. The Kier molecular flexibility index (Phi) is 4.18. The van der Waals surface area contributed by atoms with Crippen molar-refractivity contribution in [2.75, 3.05) is 37.4 Å². The fourth-order valence-electron chi connectivity index (χ4n) is 1.45. The molecule has 1 atom stereocenters. The summed E-state index contributed by atoms with van der Waals surface area (Å²) < 4.78 is 5.75. The van der Waals surface area contributed by atoms with Crippen LogP contribution in [0.3, 0.4) is 0 Å². The Morgan fingerprint density at radius 1 is 1.29 bits per heavy atom. The maximum absolute atomic E-state index is 5.75. The molecular formula is C13H20N2OS. The van der Waals surface area contributed by atoms with Gasteiger partial charge in [0.15, 0.2) is 0 Å². The van der Waals surface area contributed by atoms with Crippen LogP contribution in [0.4, 0.5) is 5.69 Å². The third-order valence-corrected chi connectivity index (χ3v) is 4.06. The highest BCUT2D eigenvalue weighted by Gasteiger charge is 2.14. The van der Waals surface area contributed by atoms with Gasteiger partial charge in [-0.3, -0.25) is 0 Å². The van der Waals surface area contributed by atoms with Crippen molar-refractivity contribution >= 4 is 17.4 Å². The van der Waals surface area contributed by atoms with Gasteiger partial charge in [0, 0.05) is 11.7 Å². The number of hydrogen-bond acceptors (Lipinski definition) is 4. The van der Waals surface area contributed by atoms with E-state index in [2.05, 4.69) is 55.1 Å². The van der Waals surface area contributed by atoms with Gasteiger partial charge in [-0.1, -0.05) is 0 Å². The summed E-state index contributed by atoms with van der Waals surface area (Å²) in [6.45, 7) is 2.89. The third-order valence-electron chi connectivity index (χ3n) is 3.07. The fraction of sp³-hybridized carbons (Fsp3) is 0.538. The van der Waals surface area contributed by atoms with Crippen molar-refractivity contribution in [3.8, 4) is 5.75 Å². The van der Waals surface area contributed by atoms with Crippen molar-refractivity contribution in [3.05, 3.63) is 24.3 Å². The van der Waals surface area contributed by atoms with Crippen LogP contribution in [0.2, 0.25) is 0 Å². The summed E-state index contributed by atoms with van der Waals surface area (Å²) in [7, 11) is 4.14. The molecule has 0 radical (unpaired) electrons. The van der Waals surface area contributed by atoms with Crippen LogP contribution in [-0.4, -0.2) is 43.4 Å². The Bertz CT molecular complexity index is 349. The van der Waals surface area contributed by atoms with Gasteiger partial charge in [-0.2, -0.15) is 0 Å². The number of ether oxygens (including phenoxy) is 1. The second-order valence-electron chi connectivity index (χ2n) is 4.62. The van der Waals surface area contributed by atoms with E-state index in [-0.39, 0.29) is 0 Å². The molecule has 0 bridgehead atoms. The molecule has 0 spiro atoms. The first-order valence-corrected chi connectivity index (χ1v) is 7.04. The van der Waals surface area contributed by atoms with Gasteiger partial charge in [0.25, 0.3) is 0 Å². The molecule has 17 heavy (non-hydrogen) atoms. The summed E-state index contributed by atoms with van der Waals surface area (Å²) >= 11 is 1.95. The van der Waals surface area contributed by atoms with Gasteiger partial charge in [-0.15, -0.1) is 11.8 Å². The Morgan fingerprint density at radius 2 is 1.94 bits per heavy atom. The first kappa shape index (κ1) is 12.6. The van der Waals surface area contributed by atoms with E-state index in [1.807, 2.05) is 11.8 Å². The summed E-state index contributed by atoms with van der Waals surface area (Å²) in [5, 5.41) is 0. The first-order valence-electron chi connectivity index (χ1n) is 5.89. The lowest BCUT2D eigenvalue weighted by molar-refractivity contribution is 0.198. The summed E-state index contributed by atoms with van der Waals surface area (Å²) in [5.74, 6) is 3.17. The molecule has 1 aliphatic rings. The average molecular weight is 252 g/mol. The molecule has 1 aliphatic heterocycles. The lowest BCUT2D eigenvalue weighted by Gasteiger charge is -2.32. The fourth-order valence-corrected chi connectivity index (χ4v) is 2.11.